The molecule has 0 saturated carbocycles. The van der Waals surface area contributed by atoms with Crippen molar-refractivity contribution in [1.82, 2.24) is 0 Å². The highest BCUT2D eigenvalue weighted by Crippen LogP contribution is 2.38. The van der Waals surface area contributed by atoms with E-state index in [4.69, 9.17) is 18.5 Å². The number of carbonyl (C=O) groups excluding carboxylic acids is 2. The van der Waals surface area contributed by atoms with Gasteiger partial charge in [0.1, 0.15) is 19.8 Å². The Morgan fingerprint density at radius 2 is 0.707 bits per heavy atom. The van der Waals surface area contributed by atoms with Crippen molar-refractivity contribution < 1.29 is 42.1 Å². The van der Waals surface area contributed by atoms with Gasteiger partial charge in [-0.05, 0) is 83.5 Å². The molecule has 476 valence electrons. The minimum atomic E-state index is -4.66. The molecule has 0 amide bonds. The molecule has 9 nitrogen and oxygen atoms in total. The molecular formula is C72H130NO8P. The molecule has 0 aromatic heterocycles. The maximum absolute atomic E-state index is 12.8. The number of esters is 2. The fourth-order valence-electron chi connectivity index (χ4n) is 9.67. The smallest absolute Gasteiger partial charge is 0.306 e. The maximum Gasteiger partial charge on any atom is 0.306 e. The predicted molar refractivity (Wildman–Crippen MR) is 351 cm³/mol. The molecule has 0 aliphatic heterocycles. The number of likely N-dealkylation sites (N-methyl/N-ethyl adjacent to an activating group) is 1. The fourth-order valence-corrected chi connectivity index (χ4v) is 10.4. The highest BCUT2D eigenvalue weighted by atomic mass is 31.2. The van der Waals surface area contributed by atoms with Crippen molar-refractivity contribution in [1.29, 1.82) is 0 Å². The van der Waals surface area contributed by atoms with Gasteiger partial charge in [0.2, 0.25) is 0 Å². The van der Waals surface area contributed by atoms with Crippen LogP contribution < -0.4 is 4.89 Å². The quantitative estimate of drug-likeness (QED) is 0.0195. The number of unbranched alkanes of at least 4 members (excludes halogenated alkanes) is 35. The average Bonchev–Trinajstić information content (AvgIpc) is 3.46. The summed E-state index contributed by atoms with van der Waals surface area (Å²) in [5, 5.41) is 0. The second kappa shape index (κ2) is 62.7. The van der Waals surface area contributed by atoms with Gasteiger partial charge in [-0.1, -0.05) is 298 Å². The minimum Gasteiger partial charge on any atom is -0.756 e. The number of rotatable bonds is 63. The van der Waals surface area contributed by atoms with Crippen LogP contribution in [0.1, 0.15) is 309 Å². The van der Waals surface area contributed by atoms with Crippen molar-refractivity contribution in [2.75, 3.05) is 47.5 Å². The van der Waals surface area contributed by atoms with Gasteiger partial charge in [0, 0.05) is 12.8 Å². The Morgan fingerprint density at radius 3 is 1.07 bits per heavy atom. The van der Waals surface area contributed by atoms with Gasteiger partial charge in [-0.3, -0.25) is 14.2 Å². The molecule has 0 spiro atoms. The Balaban J connectivity index is 3.90. The Morgan fingerprint density at radius 1 is 0.390 bits per heavy atom. The molecule has 10 heteroatoms. The van der Waals surface area contributed by atoms with Crippen molar-refractivity contribution in [3.05, 3.63) is 85.1 Å². The molecule has 82 heavy (non-hydrogen) atoms. The number of quaternary nitrogens is 1. The summed E-state index contributed by atoms with van der Waals surface area (Å²) in [7, 11) is 1.13. The number of ether oxygens (including phenoxy) is 2. The lowest BCUT2D eigenvalue weighted by atomic mass is 10.0. The Kier molecular flexibility index (Phi) is 60.6. The van der Waals surface area contributed by atoms with Crippen LogP contribution >= 0.6 is 7.82 Å². The molecule has 0 N–H and O–H groups in total. The first kappa shape index (κ1) is 79.2. The van der Waals surface area contributed by atoms with Crippen LogP contribution in [-0.2, 0) is 32.7 Å². The number of hydrogen-bond donors (Lipinski definition) is 0. The summed E-state index contributed by atoms with van der Waals surface area (Å²) < 4.78 is 34.1. The Labute approximate surface area is 507 Å². The van der Waals surface area contributed by atoms with E-state index in [0.29, 0.717) is 23.9 Å². The molecule has 0 bridgehead atoms. The predicted octanol–water partition coefficient (Wildman–Crippen LogP) is 21.5. The van der Waals surface area contributed by atoms with E-state index in [1.54, 1.807) is 0 Å². The summed E-state index contributed by atoms with van der Waals surface area (Å²) >= 11 is 0. The van der Waals surface area contributed by atoms with Gasteiger partial charge in [0.25, 0.3) is 7.82 Å². The first-order chi connectivity index (χ1) is 40.0. The zero-order valence-corrected chi connectivity index (χ0v) is 55.1. The van der Waals surface area contributed by atoms with E-state index < -0.39 is 32.5 Å². The third-order valence-corrected chi connectivity index (χ3v) is 15.9. The van der Waals surface area contributed by atoms with Gasteiger partial charge in [-0.15, -0.1) is 0 Å². The Bertz CT molecular complexity index is 1660. The number of hydrogen-bond acceptors (Lipinski definition) is 8. The number of phosphoric acid groups is 1. The highest BCUT2D eigenvalue weighted by Gasteiger charge is 2.22. The normalized spacial score (nSPS) is 13.7. The highest BCUT2D eigenvalue weighted by molar-refractivity contribution is 7.45. The molecule has 0 rings (SSSR count). The zero-order chi connectivity index (χ0) is 59.8. The first-order valence-electron chi connectivity index (χ1n) is 34.3. The van der Waals surface area contributed by atoms with Gasteiger partial charge >= 0.3 is 11.9 Å². The van der Waals surface area contributed by atoms with Crippen LogP contribution in [0.25, 0.3) is 0 Å². The number of allylic oxidation sites excluding steroid dienone is 14. The molecule has 0 heterocycles. The van der Waals surface area contributed by atoms with E-state index in [1.165, 1.54) is 212 Å². The second-order valence-electron chi connectivity index (χ2n) is 24.2. The third-order valence-electron chi connectivity index (χ3n) is 14.9. The summed E-state index contributed by atoms with van der Waals surface area (Å²) in [6.07, 6.45) is 85.7. The number of nitrogens with zero attached hydrogens (tertiary/aromatic N) is 1. The topological polar surface area (TPSA) is 111 Å². The average molecular weight is 1170 g/mol. The van der Waals surface area contributed by atoms with E-state index in [0.717, 1.165) is 57.8 Å². The van der Waals surface area contributed by atoms with Crippen LogP contribution in [0.4, 0.5) is 0 Å². The summed E-state index contributed by atoms with van der Waals surface area (Å²) in [6, 6.07) is 0. The van der Waals surface area contributed by atoms with E-state index >= 15 is 0 Å². The molecule has 0 aliphatic carbocycles. The SMILES string of the molecule is CC/C=C\C/C=C\C/C=C\C/C=C\C/C=C\CCCC(=O)OC(COC(=O)CCCCCCCCCCCCCCCCCCCCCCCCCCCCCCC/C=C\C/C=C\CCCCCCC)COP(=O)([O-])OCC[N+](C)(C)C. The molecule has 0 fully saturated rings. The number of carbonyl (C=O) groups is 2. The van der Waals surface area contributed by atoms with Crippen LogP contribution in [0.5, 0.6) is 0 Å². The van der Waals surface area contributed by atoms with Gasteiger partial charge in [-0.2, -0.15) is 0 Å². The first-order valence-corrected chi connectivity index (χ1v) is 35.8. The van der Waals surface area contributed by atoms with Crippen LogP contribution in [0.3, 0.4) is 0 Å². The second-order valence-corrected chi connectivity index (χ2v) is 25.6. The van der Waals surface area contributed by atoms with Crippen LogP contribution in [0.15, 0.2) is 85.1 Å². The van der Waals surface area contributed by atoms with Crippen molar-refractivity contribution >= 4 is 19.8 Å². The summed E-state index contributed by atoms with van der Waals surface area (Å²) in [4.78, 5) is 37.9. The van der Waals surface area contributed by atoms with Gasteiger partial charge in [0.05, 0.1) is 27.7 Å². The molecular weight excluding hydrogens is 1040 g/mol. The van der Waals surface area contributed by atoms with Crippen LogP contribution in [0, 0.1) is 0 Å². The van der Waals surface area contributed by atoms with Crippen molar-refractivity contribution in [2.45, 2.75) is 315 Å². The fraction of sp³-hybridized carbons (Fsp3) is 0.778. The molecule has 0 radical (unpaired) electrons. The lowest BCUT2D eigenvalue weighted by Gasteiger charge is -2.28. The maximum atomic E-state index is 12.8. The zero-order valence-electron chi connectivity index (χ0n) is 54.2. The van der Waals surface area contributed by atoms with Gasteiger partial charge < -0.3 is 27.9 Å². The molecule has 0 aliphatic rings. The Hall–Kier alpha value is -2.81. The summed E-state index contributed by atoms with van der Waals surface area (Å²) in [5.41, 5.74) is 0. The van der Waals surface area contributed by atoms with Crippen molar-refractivity contribution in [3.63, 3.8) is 0 Å². The standard InChI is InChI=1S/C72H130NO8P/c1-6-8-10-12-14-16-18-20-22-24-25-26-27-28-29-30-31-32-33-34-35-36-37-38-39-40-41-42-43-44-45-46-47-49-50-52-54-56-58-60-62-64-71(74)78-68-70(69-80-82(76,77)79-67-66-73(3,4)5)81-72(75)65-63-61-59-57-55-53-51-48-23-21-19-17-15-13-11-9-7-2/h9,11,15,17-18,20-21,23-25,51,53,57,59,70H,6-8,10,12-14,16,19,22,26-50,52,54-56,58,60-69H2,1-5H3/b11-9-,17-15-,20-18-,23-21-,25-24-,53-51-,59-57-. The number of phosphoric ester groups is 1. The lowest BCUT2D eigenvalue weighted by molar-refractivity contribution is -0.870. The molecule has 2 unspecified atom stereocenters. The summed E-state index contributed by atoms with van der Waals surface area (Å²) in [5.74, 6) is -0.895. The monoisotopic (exact) mass is 1170 g/mol. The van der Waals surface area contributed by atoms with Crippen molar-refractivity contribution in [2.24, 2.45) is 0 Å². The van der Waals surface area contributed by atoms with E-state index in [2.05, 4.69) is 92.8 Å². The van der Waals surface area contributed by atoms with Crippen LogP contribution in [-0.4, -0.2) is 70.0 Å². The molecule has 0 aromatic carbocycles. The lowest BCUT2D eigenvalue weighted by Crippen LogP contribution is -2.37. The summed E-state index contributed by atoms with van der Waals surface area (Å²) in [6.45, 7) is 4.07. The van der Waals surface area contributed by atoms with E-state index in [-0.39, 0.29) is 26.1 Å². The largest absolute Gasteiger partial charge is 0.756 e. The molecule has 0 saturated heterocycles. The van der Waals surface area contributed by atoms with E-state index in [9.17, 15) is 19.0 Å². The van der Waals surface area contributed by atoms with E-state index in [1.807, 2.05) is 27.2 Å². The third kappa shape index (κ3) is 66.3. The van der Waals surface area contributed by atoms with Gasteiger partial charge in [-0.25, -0.2) is 0 Å². The van der Waals surface area contributed by atoms with Crippen LogP contribution in [0.2, 0.25) is 0 Å². The van der Waals surface area contributed by atoms with Gasteiger partial charge in [0.15, 0.2) is 6.10 Å². The molecule has 2 atom stereocenters. The minimum absolute atomic E-state index is 0.0434. The molecule has 0 aromatic rings. The van der Waals surface area contributed by atoms with Crippen molar-refractivity contribution in [3.8, 4) is 0 Å².